The van der Waals surface area contributed by atoms with Crippen molar-refractivity contribution in [1.82, 2.24) is 5.32 Å². The lowest BCUT2D eigenvalue weighted by Crippen LogP contribution is -2.46. The highest BCUT2D eigenvalue weighted by atomic mass is 16.5. The highest BCUT2D eigenvalue weighted by Crippen LogP contribution is 2.18. The van der Waals surface area contributed by atoms with Crippen molar-refractivity contribution in [3.63, 3.8) is 0 Å². The molecule has 3 atom stereocenters. The summed E-state index contributed by atoms with van der Waals surface area (Å²) in [4.78, 5) is 25.9. The molecule has 0 heterocycles. The van der Waals surface area contributed by atoms with Crippen LogP contribution < -0.4 is 5.32 Å². The van der Waals surface area contributed by atoms with Gasteiger partial charge >= 0.3 is 5.97 Å². The first kappa shape index (κ1) is 53.8. The van der Waals surface area contributed by atoms with Crippen LogP contribution in [0.4, 0.5) is 0 Å². The van der Waals surface area contributed by atoms with Crippen LogP contribution in [0.3, 0.4) is 0 Å². The second-order valence-corrected chi connectivity index (χ2v) is 16.2. The number of ether oxygens (including phenoxy) is 1. The molecule has 0 aromatic rings. The van der Waals surface area contributed by atoms with Crippen molar-refractivity contribution in [2.75, 3.05) is 6.61 Å². The van der Waals surface area contributed by atoms with Crippen molar-refractivity contribution in [3.05, 3.63) is 48.6 Å². The number of unbranched alkanes of at least 4 members (excludes halogenated alkanes) is 25. The van der Waals surface area contributed by atoms with E-state index in [9.17, 15) is 19.8 Å². The summed E-state index contributed by atoms with van der Waals surface area (Å²) < 4.78 is 5.87. The number of esters is 1. The van der Waals surface area contributed by atoms with Crippen LogP contribution in [0.2, 0.25) is 0 Å². The number of aliphatic hydroxyl groups is 2. The molecule has 0 saturated carbocycles. The summed E-state index contributed by atoms with van der Waals surface area (Å²) in [6.45, 7) is 6.31. The predicted octanol–water partition coefficient (Wildman–Crippen LogP) is 13.9. The molecule has 0 aromatic heterocycles. The van der Waals surface area contributed by atoms with Gasteiger partial charge in [-0.3, -0.25) is 9.59 Å². The molecule has 0 bridgehead atoms. The number of hydrogen-bond donors (Lipinski definition) is 3. The molecule has 56 heavy (non-hydrogen) atoms. The lowest BCUT2D eigenvalue weighted by molar-refractivity contribution is -0.151. The van der Waals surface area contributed by atoms with E-state index in [-0.39, 0.29) is 24.9 Å². The summed E-state index contributed by atoms with van der Waals surface area (Å²) in [5, 5.41) is 23.7. The van der Waals surface area contributed by atoms with Gasteiger partial charge in [0, 0.05) is 6.42 Å². The first-order valence-electron chi connectivity index (χ1n) is 23.9. The fourth-order valence-corrected chi connectivity index (χ4v) is 7.15. The van der Waals surface area contributed by atoms with Gasteiger partial charge in [-0.15, -0.1) is 0 Å². The summed E-state index contributed by atoms with van der Waals surface area (Å²) >= 11 is 0. The van der Waals surface area contributed by atoms with Crippen molar-refractivity contribution in [2.45, 2.75) is 251 Å². The van der Waals surface area contributed by atoms with Gasteiger partial charge in [-0.05, 0) is 44.9 Å². The van der Waals surface area contributed by atoms with E-state index in [1.165, 1.54) is 103 Å². The van der Waals surface area contributed by atoms with Gasteiger partial charge < -0.3 is 20.3 Å². The Morgan fingerprint density at radius 2 is 0.964 bits per heavy atom. The molecule has 6 nitrogen and oxygen atoms in total. The highest BCUT2D eigenvalue weighted by Gasteiger charge is 2.24. The monoisotopic (exact) mass is 786 g/mol. The molecule has 0 aliphatic heterocycles. The first-order valence-corrected chi connectivity index (χ1v) is 23.9. The van der Waals surface area contributed by atoms with Gasteiger partial charge in [0.1, 0.15) is 6.10 Å². The van der Waals surface area contributed by atoms with Crippen molar-refractivity contribution in [3.8, 4) is 0 Å². The standard InChI is InChI=1S/C50H91NO5/c1-4-7-10-13-16-18-20-22-24-26-28-30-33-36-39-42-48(53)47(45-52)51-49(54)44-46(41-38-35-32-15-12-9-6-3)56-50(55)43-40-37-34-31-29-27-25-23-21-19-17-14-11-8-5-2/h8,11,14,17,19,21,23,25,46-48,52-53H,4-7,9-10,12-13,15-16,18,20,22,24,26-45H2,1-3H3,(H,51,54)/b11-8+,17-14+,21-19+,25-23-. The fraction of sp³-hybridized carbons (Fsp3) is 0.800. The maximum atomic E-state index is 13.1. The Balaban J connectivity index is 4.42. The minimum atomic E-state index is -0.789. The number of nitrogens with one attached hydrogen (secondary N) is 1. The molecular formula is C50H91NO5. The van der Waals surface area contributed by atoms with Crippen molar-refractivity contribution < 1.29 is 24.5 Å². The number of allylic oxidation sites excluding steroid dienone is 8. The molecule has 0 aliphatic rings. The lowest BCUT2D eigenvalue weighted by atomic mass is 10.0. The van der Waals surface area contributed by atoms with E-state index in [1.807, 2.05) is 18.2 Å². The topological polar surface area (TPSA) is 95.9 Å². The SMILES string of the molecule is CC/C=C/C=C/C=C/C=C\CCCCCCCC(=O)OC(CCCCCCCCC)CC(=O)NC(CO)C(O)CCCCCCCCCCCCCCCCC. The fourth-order valence-electron chi connectivity index (χ4n) is 7.15. The van der Waals surface area contributed by atoms with Crippen LogP contribution >= 0.6 is 0 Å². The third-order valence-electron chi connectivity index (χ3n) is 10.8. The minimum Gasteiger partial charge on any atom is -0.462 e. The lowest BCUT2D eigenvalue weighted by Gasteiger charge is -2.24. The molecule has 0 spiro atoms. The normalized spacial score (nSPS) is 13.7. The van der Waals surface area contributed by atoms with Gasteiger partial charge in [-0.1, -0.05) is 223 Å². The van der Waals surface area contributed by atoms with E-state index < -0.39 is 18.2 Å². The molecule has 3 unspecified atom stereocenters. The average Bonchev–Trinajstić information content (AvgIpc) is 3.19. The van der Waals surface area contributed by atoms with Gasteiger partial charge in [0.05, 0.1) is 25.2 Å². The zero-order chi connectivity index (χ0) is 41.0. The van der Waals surface area contributed by atoms with E-state index in [4.69, 9.17) is 4.74 Å². The van der Waals surface area contributed by atoms with Crippen LogP contribution in [0.25, 0.3) is 0 Å². The van der Waals surface area contributed by atoms with E-state index in [0.717, 1.165) is 83.5 Å². The molecule has 0 rings (SSSR count). The van der Waals surface area contributed by atoms with Crippen LogP contribution in [-0.2, 0) is 14.3 Å². The van der Waals surface area contributed by atoms with E-state index in [0.29, 0.717) is 19.3 Å². The molecule has 3 N–H and O–H groups in total. The zero-order valence-electron chi connectivity index (χ0n) is 37.0. The quantitative estimate of drug-likeness (QED) is 0.0325. The molecule has 0 aromatic carbocycles. The Labute approximate surface area is 346 Å². The Hall–Kier alpha value is -2.18. The van der Waals surface area contributed by atoms with Crippen molar-refractivity contribution in [2.24, 2.45) is 0 Å². The molecule has 0 radical (unpaired) electrons. The number of carbonyl (C=O) groups is 2. The van der Waals surface area contributed by atoms with E-state index in [1.54, 1.807) is 0 Å². The van der Waals surface area contributed by atoms with Crippen LogP contribution in [0.1, 0.15) is 233 Å². The number of amides is 1. The van der Waals surface area contributed by atoms with Crippen LogP contribution in [0.5, 0.6) is 0 Å². The molecule has 0 fully saturated rings. The Bertz CT molecular complexity index is 972. The largest absolute Gasteiger partial charge is 0.462 e. The second kappa shape index (κ2) is 43.9. The minimum absolute atomic E-state index is 0.0681. The summed E-state index contributed by atoms with van der Waals surface area (Å²) in [6, 6.07) is -0.703. The van der Waals surface area contributed by atoms with E-state index >= 15 is 0 Å². The Morgan fingerprint density at radius 3 is 1.46 bits per heavy atom. The first-order chi connectivity index (χ1) is 27.5. The Kier molecular flexibility index (Phi) is 42.2. The van der Waals surface area contributed by atoms with Gasteiger partial charge in [-0.2, -0.15) is 0 Å². The summed E-state index contributed by atoms with van der Waals surface area (Å²) in [6.07, 6.45) is 51.8. The van der Waals surface area contributed by atoms with Gasteiger partial charge in [0.15, 0.2) is 0 Å². The summed E-state index contributed by atoms with van der Waals surface area (Å²) in [5.41, 5.74) is 0. The number of rotatable bonds is 42. The second-order valence-electron chi connectivity index (χ2n) is 16.2. The van der Waals surface area contributed by atoms with Gasteiger partial charge in [-0.25, -0.2) is 0 Å². The van der Waals surface area contributed by atoms with Crippen LogP contribution in [-0.4, -0.2) is 46.9 Å². The smallest absolute Gasteiger partial charge is 0.306 e. The molecule has 0 saturated heterocycles. The summed E-state index contributed by atoms with van der Waals surface area (Å²) in [5.74, 6) is -0.503. The molecular weight excluding hydrogens is 695 g/mol. The molecule has 6 heteroatoms. The number of hydrogen-bond acceptors (Lipinski definition) is 5. The number of aliphatic hydroxyl groups excluding tert-OH is 2. The van der Waals surface area contributed by atoms with Crippen LogP contribution in [0.15, 0.2) is 48.6 Å². The third kappa shape index (κ3) is 38.7. The maximum Gasteiger partial charge on any atom is 0.306 e. The predicted molar refractivity (Wildman–Crippen MR) is 241 cm³/mol. The Morgan fingerprint density at radius 1 is 0.536 bits per heavy atom. The van der Waals surface area contributed by atoms with Gasteiger partial charge in [0.2, 0.25) is 5.91 Å². The van der Waals surface area contributed by atoms with E-state index in [2.05, 4.69) is 56.5 Å². The molecule has 1 amide bonds. The van der Waals surface area contributed by atoms with Gasteiger partial charge in [0.25, 0.3) is 0 Å². The maximum absolute atomic E-state index is 13.1. The third-order valence-corrected chi connectivity index (χ3v) is 10.8. The highest BCUT2D eigenvalue weighted by molar-refractivity contribution is 5.77. The molecule has 326 valence electrons. The number of carbonyl (C=O) groups excluding carboxylic acids is 2. The van der Waals surface area contributed by atoms with Crippen molar-refractivity contribution >= 4 is 11.9 Å². The van der Waals surface area contributed by atoms with Crippen molar-refractivity contribution in [1.29, 1.82) is 0 Å². The average molecular weight is 786 g/mol. The zero-order valence-corrected chi connectivity index (χ0v) is 37.0. The summed E-state index contributed by atoms with van der Waals surface area (Å²) in [7, 11) is 0. The molecule has 0 aliphatic carbocycles. The van der Waals surface area contributed by atoms with Crippen LogP contribution in [0, 0.1) is 0 Å².